The van der Waals surface area contributed by atoms with Crippen molar-refractivity contribution in [3.63, 3.8) is 0 Å². The van der Waals surface area contributed by atoms with E-state index in [1.807, 2.05) is 35.8 Å². The van der Waals surface area contributed by atoms with Crippen molar-refractivity contribution in [2.75, 3.05) is 6.61 Å². The van der Waals surface area contributed by atoms with Crippen LogP contribution in [0.1, 0.15) is 42.5 Å². The maximum atomic E-state index is 12.9. The third-order valence-electron chi connectivity index (χ3n) is 5.12. The van der Waals surface area contributed by atoms with E-state index in [-0.39, 0.29) is 6.42 Å². The van der Waals surface area contributed by atoms with Gasteiger partial charge in [-0.05, 0) is 44.4 Å². The predicted octanol–water partition coefficient (Wildman–Crippen LogP) is 5.95. The molecular weight excluding hydrogens is 421 g/mol. The van der Waals surface area contributed by atoms with Gasteiger partial charge in [0.15, 0.2) is 0 Å². The molecule has 0 radical (unpaired) electrons. The van der Waals surface area contributed by atoms with Gasteiger partial charge in [0.1, 0.15) is 11.6 Å². The van der Waals surface area contributed by atoms with E-state index in [0.717, 1.165) is 42.0 Å². The third-order valence-corrected chi connectivity index (χ3v) is 5.12. The molecule has 2 aromatic carbocycles. The number of nitrogens with zero attached hydrogens (tertiary/aromatic N) is 2. The molecule has 170 valence electrons. The molecule has 0 unspecified atom stereocenters. The standard InChI is InChI=1S/C24H25F3N2O3/c1-17-15-28-23(18-10-12-20(13-11-18)24(25,26)27)29(17)16-19-7-4-5-8-21(19)32-14-6-2-3-9-22(30)31/h4-5,7-8,10-13,15H,2-3,6,9,14,16H2,1H3,(H,30,31). The summed E-state index contributed by atoms with van der Waals surface area (Å²) in [5.74, 6) is 0.507. The number of benzene rings is 2. The zero-order valence-electron chi connectivity index (χ0n) is 17.7. The van der Waals surface area contributed by atoms with Crippen LogP contribution < -0.4 is 4.74 Å². The molecule has 1 N–H and O–H groups in total. The first kappa shape index (κ1) is 23.4. The van der Waals surface area contributed by atoms with Crippen molar-refractivity contribution in [1.82, 2.24) is 9.55 Å². The van der Waals surface area contributed by atoms with Gasteiger partial charge in [0, 0.05) is 29.4 Å². The largest absolute Gasteiger partial charge is 0.493 e. The number of rotatable bonds is 10. The summed E-state index contributed by atoms with van der Waals surface area (Å²) in [6.07, 6.45) is -0.392. The second kappa shape index (κ2) is 10.3. The van der Waals surface area contributed by atoms with Crippen molar-refractivity contribution in [3.05, 3.63) is 71.5 Å². The normalized spacial score (nSPS) is 11.5. The van der Waals surface area contributed by atoms with Crippen LogP contribution >= 0.6 is 0 Å². The monoisotopic (exact) mass is 446 g/mol. The number of aryl methyl sites for hydroxylation is 1. The molecule has 0 saturated carbocycles. The summed E-state index contributed by atoms with van der Waals surface area (Å²) < 4.78 is 46.5. The Hall–Kier alpha value is -3.29. The molecule has 0 fully saturated rings. The predicted molar refractivity (Wildman–Crippen MR) is 115 cm³/mol. The van der Waals surface area contributed by atoms with Crippen molar-refractivity contribution < 1.29 is 27.8 Å². The van der Waals surface area contributed by atoms with Gasteiger partial charge in [-0.15, -0.1) is 0 Å². The van der Waals surface area contributed by atoms with Gasteiger partial charge in [-0.1, -0.05) is 30.3 Å². The van der Waals surface area contributed by atoms with E-state index in [2.05, 4.69) is 4.98 Å². The first-order chi connectivity index (χ1) is 15.3. The maximum Gasteiger partial charge on any atom is 0.416 e. The molecular formula is C24H25F3N2O3. The molecule has 1 heterocycles. The van der Waals surface area contributed by atoms with E-state index in [0.29, 0.717) is 31.0 Å². The molecule has 3 aromatic rings. The van der Waals surface area contributed by atoms with E-state index >= 15 is 0 Å². The minimum absolute atomic E-state index is 0.156. The number of ether oxygens (including phenoxy) is 1. The second-order valence-corrected chi connectivity index (χ2v) is 7.55. The molecule has 0 saturated heterocycles. The fourth-order valence-corrected chi connectivity index (χ4v) is 3.38. The molecule has 0 amide bonds. The van der Waals surface area contributed by atoms with Crippen LogP contribution in [0.25, 0.3) is 11.4 Å². The summed E-state index contributed by atoms with van der Waals surface area (Å²) in [6, 6.07) is 12.6. The van der Waals surface area contributed by atoms with Gasteiger partial charge >= 0.3 is 12.1 Å². The van der Waals surface area contributed by atoms with Crippen LogP contribution in [0.2, 0.25) is 0 Å². The average molecular weight is 446 g/mol. The SMILES string of the molecule is Cc1cnc(-c2ccc(C(F)(F)F)cc2)n1Cc1ccccc1OCCCCCC(=O)O. The molecule has 0 atom stereocenters. The maximum absolute atomic E-state index is 12.9. The number of hydrogen-bond donors (Lipinski definition) is 1. The van der Waals surface area contributed by atoms with Gasteiger partial charge < -0.3 is 14.4 Å². The quantitative estimate of drug-likeness (QED) is 0.391. The summed E-state index contributed by atoms with van der Waals surface area (Å²) in [4.78, 5) is 15.0. The lowest BCUT2D eigenvalue weighted by Gasteiger charge is -2.15. The molecule has 8 heteroatoms. The number of para-hydroxylation sites is 1. The lowest BCUT2D eigenvalue weighted by Crippen LogP contribution is -2.08. The van der Waals surface area contributed by atoms with Crippen molar-refractivity contribution in [3.8, 4) is 17.1 Å². The number of imidazole rings is 1. The number of carboxylic acid groups (broad SMARTS) is 1. The molecule has 0 aliphatic carbocycles. The zero-order chi connectivity index (χ0) is 23.1. The van der Waals surface area contributed by atoms with Gasteiger partial charge in [0.05, 0.1) is 18.7 Å². The Morgan fingerprint density at radius 2 is 1.78 bits per heavy atom. The van der Waals surface area contributed by atoms with E-state index < -0.39 is 17.7 Å². The topological polar surface area (TPSA) is 64.4 Å². The molecule has 3 rings (SSSR count). The lowest BCUT2D eigenvalue weighted by atomic mass is 10.1. The molecule has 0 bridgehead atoms. The van der Waals surface area contributed by atoms with E-state index in [4.69, 9.17) is 9.84 Å². The lowest BCUT2D eigenvalue weighted by molar-refractivity contribution is -0.138. The number of aliphatic carboxylic acids is 1. The smallest absolute Gasteiger partial charge is 0.416 e. The second-order valence-electron chi connectivity index (χ2n) is 7.55. The summed E-state index contributed by atoms with van der Waals surface area (Å²) in [7, 11) is 0. The molecule has 5 nitrogen and oxygen atoms in total. The highest BCUT2D eigenvalue weighted by Crippen LogP contribution is 2.31. The van der Waals surface area contributed by atoms with Gasteiger partial charge in [-0.25, -0.2) is 4.98 Å². The Morgan fingerprint density at radius 1 is 1.06 bits per heavy atom. The van der Waals surface area contributed by atoms with E-state index in [1.165, 1.54) is 12.1 Å². The molecule has 0 aliphatic heterocycles. The fraction of sp³-hybridized carbons (Fsp3) is 0.333. The Bertz CT molecular complexity index is 1040. The van der Waals surface area contributed by atoms with Gasteiger partial charge in [0.2, 0.25) is 0 Å². The van der Waals surface area contributed by atoms with Gasteiger partial charge in [-0.2, -0.15) is 13.2 Å². The van der Waals surface area contributed by atoms with Crippen LogP contribution in [-0.4, -0.2) is 27.2 Å². The fourth-order valence-electron chi connectivity index (χ4n) is 3.38. The Balaban J connectivity index is 1.72. The van der Waals surface area contributed by atoms with Crippen molar-refractivity contribution in [2.45, 2.75) is 45.3 Å². The number of carbonyl (C=O) groups is 1. The number of unbranched alkanes of at least 4 members (excludes halogenated alkanes) is 2. The Morgan fingerprint density at radius 3 is 2.47 bits per heavy atom. The van der Waals surface area contributed by atoms with Crippen LogP contribution in [0.3, 0.4) is 0 Å². The number of alkyl halides is 3. The van der Waals surface area contributed by atoms with Crippen LogP contribution in [0.4, 0.5) is 13.2 Å². The summed E-state index contributed by atoms with van der Waals surface area (Å²) >= 11 is 0. The van der Waals surface area contributed by atoms with Gasteiger partial charge in [-0.3, -0.25) is 4.79 Å². The summed E-state index contributed by atoms with van der Waals surface area (Å²) in [5.41, 5.74) is 1.71. The van der Waals surface area contributed by atoms with Crippen LogP contribution in [-0.2, 0) is 17.5 Å². The van der Waals surface area contributed by atoms with Crippen molar-refractivity contribution >= 4 is 5.97 Å². The van der Waals surface area contributed by atoms with Gasteiger partial charge in [0.25, 0.3) is 0 Å². The Labute approximate surface area is 184 Å². The van der Waals surface area contributed by atoms with Crippen molar-refractivity contribution in [1.29, 1.82) is 0 Å². The molecule has 0 aliphatic rings. The zero-order valence-corrected chi connectivity index (χ0v) is 17.7. The molecule has 32 heavy (non-hydrogen) atoms. The Kier molecular flexibility index (Phi) is 7.56. The third kappa shape index (κ3) is 6.12. The highest BCUT2D eigenvalue weighted by Gasteiger charge is 2.30. The highest BCUT2D eigenvalue weighted by atomic mass is 19.4. The van der Waals surface area contributed by atoms with Crippen LogP contribution in [0, 0.1) is 6.92 Å². The molecule has 0 spiro atoms. The average Bonchev–Trinajstić information content (AvgIpc) is 3.11. The highest BCUT2D eigenvalue weighted by molar-refractivity contribution is 5.66. The number of aromatic nitrogens is 2. The summed E-state index contributed by atoms with van der Waals surface area (Å²) in [6.45, 7) is 2.83. The first-order valence-electron chi connectivity index (χ1n) is 10.4. The van der Waals surface area contributed by atoms with Crippen molar-refractivity contribution in [2.24, 2.45) is 0 Å². The van der Waals surface area contributed by atoms with E-state index in [1.54, 1.807) is 6.20 Å². The van der Waals surface area contributed by atoms with Crippen LogP contribution in [0.5, 0.6) is 5.75 Å². The minimum Gasteiger partial charge on any atom is -0.493 e. The number of hydrogen-bond acceptors (Lipinski definition) is 3. The van der Waals surface area contributed by atoms with Crippen LogP contribution in [0.15, 0.2) is 54.7 Å². The number of halogens is 3. The first-order valence-corrected chi connectivity index (χ1v) is 10.4. The minimum atomic E-state index is -4.38. The van der Waals surface area contributed by atoms with E-state index in [9.17, 15) is 18.0 Å². The molecule has 1 aromatic heterocycles. The number of carboxylic acids is 1. The summed E-state index contributed by atoms with van der Waals surface area (Å²) in [5, 5.41) is 8.69.